The second-order valence-corrected chi connectivity index (χ2v) is 4.05. The molecule has 0 saturated heterocycles. The summed E-state index contributed by atoms with van der Waals surface area (Å²) in [4.78, 5) is 0. The van der Waals surface area contributed by atoms with E-state index in [1.807, 2.05) is 6.92 Å². The molecule has 2 atom stereocenters. The smallest absolute Gasteiger partial charge is 0.102 e. The van der Waals surface area contributed by atoms with Crippen molar-refractivity contribution in [3.63, 3.8) is 0 Å². The lowest BCUT2D eigenvalue weighted by Crippen LogP contribution is -2.21. The molecule has 0 spiro atoms. The fourth-order valence-corrected chi connectivity index (χ4v) is 1.20. The van der Waals surface area contributed by atoms with E-state index in [1.54, 1.807) is 6.08 Å². The number of rotatable bonds is 6. The molecule has 0 heterocycles. The van der Waals surface area contributed by atoms with Gasteiger partial charge in [0.25, 0.3) is 0 Å². The predicted molar refractivity (Wildman–Crippen MR) is 64.6 cm³/mol. The third-order valence-corrected chi connectivity index (χ3v) is 2.14. The van der Waals surface area contributed by atoms with E-state index in [0.29, 0.717) is 0 Å². The molecule has 0 aliphatic carbocycles. The summed E-state index contributed by atoms with van der Waals surface area (Å²) in [7, 11) is 0. The zero-order valence-electron chi connectivity index (χ0n) is 9.90. The van der Waals surface area contributed by atoms with Gasteiger partial charge in [-0.1, -0.05) is 29.4 Å². The van der Waals surface area contributed by atoms with E-state index < -0.39 is 12.2 Å². The number of hydrogen-bond donors (Lipinski definition) is 2. The van der Waals surface area contributed by atoms with Gasteiger partial charge in [0.15, 0.2) is 0 Å². The van der Waals surface area contributed by atoms with Gasteiger partial charge in [0.1, 0.15) is 12.2 Å². The average molecular weight is 210 g/mol. The Kier molecular flexibility index (Phi) is 7.01. The highest BCUT2D eigenvalue weighted by atomic mass is 16.3. The van der Waals surface area contributed by atoms with E-state index in [2.05, 4.69) is 26.5 Å². The molecular formula is C13H22O2. The lowest BCUT2D eigenvalue weighted by atomic mass is 10.1. The van der Waals surface area contributed by atoms with Crippen LogP contribution in [-0.4, -0.2) is 22.4 Å². The molecule has 0 aromatic carbocycles. The van der Waals surface area contributed by atoms with Crippen LogP contribution >= 0.6 is 0 Å². The van der Waals surface area contributed by atoms with Gasteiger partial charge < -0.3 is 10.2 Å². The number of hydrogen-bond acceptors (Lipinski definition) is 2. The molecule has 0 saturated carbocycles. The highest BCUT2D eigenvalue weighted by Gasteiger charge is 2.08. The van der Waals surface area contributed by atoms with Crippen LogP contribution in [0.5, 0.6) is 0 Å². The van der Waals surface area contributed by atoms with Crippen LogP contribution in [0.25, 0.3) is 0 Å². The van der Waals surface area contributed by atoms with Gasteiger partial charge in [0.05, 0.1) is 0 Å². The second-order valence-electron chi connectivity index (χ2n) is 4.05. The van der Waals surface area contributed by atoms with Crippen LogP contribution in [0.3, 0.4) is 0 Å². The molecule has 0 radical (unpaired) electrons. The van der Waals surface area contributed by atoms with Crippen LogP contribution in [0.1, 0.15) is 33.6 Å². The Morgan fingerprint density at radius 1 is 1.20 bits per heavy atom. The van der Waals surface area contributed by atoms with E-state index in [4.69, 9.17) is 0 Å². The largest absolute Gasteiger partial charge is 0.386 e. The fourth-order valence-electron chi connectivity index (χ4n) is 1.20. The van der Waals surface area contributed by atoms with Gasteiger partial charge in [0.2, 0.25) is 0 Å². The maximum atomic E-state index is 9.48. The number of aliphatic hydroxyl groups is 2. The van der Waals surface area contributed by atoms with Gasteiger partial charge in [-0.15, -0.1) is 6.58 Å². The second kappa shape index (κ2) is 7.43. The van der Waals surface area contributed by atoms with Gasteiger partial charge >= 0.3 is 0 Å². The zero-order valence-corrected chi connectivity index (χ0v) is 9.90. The third kappa shape index (κ3) is 7.11. The molecule has 0 aromatic heterocycles. The lowest BCUT2D eigenvalue weighted by Gasteiger charge is -2.11. The van der Waals surface area contributed by atoms with Crippen molar-refractivity contribution in [3.05, 3.63) is 36.0 Å². The van der Waals surface area contributed by atoms with Crippen LogP contribution < -0.4 is 0 Å². The SMILES string of the molecule is C=CC(O)C(O)/C=C(\C)CCC=C(C)C. The van der Waals surface area contributed by atoms with Crippen molar-refractivity contribution in [2.24, 2.45) is 0 Å². The molecule has 0 aromatic rings. The van der Waals surface area contributed by atoms with Crippen molar-refractivity contribution < 1.29 is 10.2 Å². The first kappa shape index (κ1) is 14.1. The third-order valence-electron chi connectivity index (χ3n) is 2.14. The van der Waals surface area contributed by atoms with E-state index >= 15 is 0 Å². The van der Waals surface area contributed by atoms with Crippen molar-refractivity contribution in [2.75, 3.05) is 0 Å². The minimum atomic E-state index is -0.872. The van der Waals surface area contributed by atoms with Crippen LogP contribution in [0.15, 0.2) is 36.0 Å². The van der Waals surface area contributed by atoms with Crippen LogP contribution in [0, 0.1) is 0 Å². The Labute approximate surface area is 92.6 Å². The summed E-state index contributed by atoms with van der Waals surface area (Å²) in [5.74, 6) is 0. The van der Waals surface area contributed by atoms with Gasteiger partial charge in [-0.25, -0.2) is 0 Å². The van der Waals surface area contributed by atoms with E-state index in [9.17, 15) is 10.2 Å². The van der Waals surface area contributed by atoms with Gasteiger partial charge in [0, 0.05) is 0 Å². The van der Waals surface area contributed by atoms with Crippen LogP contribution in [0.4, 0.5) is 0 Å². The molecule has 0 bridgehead atoms. The molecular weight excluding hydrogens is 188 g/mol. The van der Waals surface area contributed by atoms with Gasteiger partial charge in [-0.05, 0) is 33.6 Å². The first-order chi connectivity index (χ1) is 6.97. The van der Waals surface area contributed by atoms with E-state index in [0.717, 1.165) is 18.4 Å². The molecule has 0 fully saturated rings. The fraction of sp³-hybridized carbons (Fsp3) is 0.538. The average Bonchev–Trinajstić information content (AvgIpc) is 2.15. The van der Waals surface area contributed by atoms with Gasteiger partial charge in [-0.3, -0.25) is 0 Å². The minimum absolute atomic E-state index is 0.839. The Bertz CT molecular complexity index is 247. The molecule has 0 rings (SSSR count). The van der Waals surface area contributed by atoms with E-state index in [-0.39, 0.29) is 0 Å². The molecule has 0 aliphatic rings. The molecule has 0 amide bonds. The first-order valence-electron chi connectivity index (χ1n) is 5.26. The highest BCUT2D eigenvalue weighted by molar-refractivity contribution is 5.07. The molecule has 2 heteroatoms. The zero-order chi connectivity index (χ0) is 11.8. The lowest BCUT2D eigenvalue weighted by molar-refractivity contribution is 0.0804. The van der Waals surface area contributed by atoms with Crippen molar-refractivity contribution in [1.29, 1.82) is 0 Å². The number of aliphatic hydroxyl groups excluding tert-OH is 2. The topological polar surface area (TPSA) is 40.5 Å². The summed E-state index contributed by atoms with van der Waals surface area (Å²) >= 11 is 0. The van der Waals surface area contributed by atoms with Gasteiger partial charge in [-0.2, -0.15) is 0 Å². The summed E-state index contributed by atoms with van der Waals surface area (Å²) in [5, 5.41) is 18.7. The summed E-state index contributed by atoms with van der Waals surface area (Å²) in [6.07, 6.45) is 5.36. The molecule has 0 aliphatic heterocycles. The maximum absolute atomic E-state index is 9.48. The normalized spacial score (nSPS) is 15.7. The van der Waals surface area contributed by atoms with Crippen LogP contribution in [-0.2, 0) is 0 Å². The van der Waals surface area contributed by atoms with E-state index in [1.165, 1.54) is 11.6 Å². The quantitative estimate of drug-likeness (QED) is 0.661. The Morgan fingerprint density at radius 3 is 2.27 bits per heavy atom. The Morgan fingerprint density at radius 2 is 1.80 bits per heavy atom. The summed E-state index contributed by atoms with van der Waals surface area (Å²) in [5.41, 5.74) is 2.38. The summed E-state index contributed by atoms with van der Waals surface area (Å²) < 4.78 is 0. The highest BCUT2D eigenvalue weighted by Crippen LogP contribution is 2.09. The van der Waals surface area contributed by atoms with Crippen molar-refractivity contribution >= 4 is 0 Å². The molecule has 86 valence electrons. The monoisotopic (exact) mass is 210 g/mol. The Hall–Kier alpha value is -0.860. The minimum Gasteiger partial charge on any atom is -0.386 e. The van der Waals surface area contributed by atoms with Crippen molar-refractivity contribution in [2.45, 2.75) is 45.8 Å². The predicted octanol–water partition coefficient (Wildman–Crippen LogP) is 2.59. The number of allylic oxidation sites excluding steroid dienone is 3. The molecule has 2 unspecified atom stereocenters. The Balaban J connectivity index is 4.08. The summed E-state index contributed by atoms with van der Waals surface area (Å²) in [6.45, 7) is 9.51. The standard InChI is InChI=1S/C13H22O2/c1-5-12(14)13(15)9-11(4)8-6-7-10(2)3/h5,7,9,12-15H,1,6,8H2,2-4H3/b11-9+. The van der Waals surface area contributed by atoms with Crippen LogP contribution in [0.2, 0.25) is 0 Å². The summed E-state index contributed by atoms with van der Waals surface area (Å²) in [6, 6.07) is 0. The molecule has 2 nitrogen and oxygen atoms in total. The van der Waals surface area contributed by atoms with Crippen molar-refractivity contribution in [1.82, 2.24) is 0 Å². The molecule has 2 N–H and O–H groups in total. The first-order valence-corrected chi connectivity index (χ1v) is 5.26. The van der Waals surface area contributed by atoms with Crippen molar-refractivity contribution in [3.8, 4) is 0 Å². The molecule has 15 heavy (non-hydrogen) atoms. The maximum Gasteiger partial charge on any atom is 0.102 e.